The lowest BCUT2D eigenvalue weighted by Crippen LogP contribution is -1.87. The first-order valence-electron chi connectivity index (χ1n) is 4.51. The topological polar surface area (TPSA) is 51.6 Å². The molecule has 0 aliphatic rings. The Morgan fingerprint density at radius 3 is 2.69 bits per heavy atom. The summed E-state index contributed by atoms with van der Waals surface area (Å²) in [7, 11) is 0. The van der Waals surface area contributed by atoms with Gasteiger partial charge in [-0.3, -0.25) is 0 Å². The Balaban J connectivity index is 2.33. The summed E-state index contributed by atoms with van der Waals surface area (Å²) in [6.45, 7) is 0. The van der Waals surface area contributed by atoms with E-state index in [0.29, 0.717) is 11.0 Å². The number of aromatic nitrogens is 4. The second-order valence-electron chi connectivity index (χ2n) is 3.07. The molecule has 3 aromatic rings. The minimum absolute atomic E-state index is 0.439. The Labute approximate surface area is 100.0 Å². The van der Waals surface area contributed by atoms with Gasteiger partial charge in [0.25, 0.3) is 0 Å². The maximum Gasteiger partial charge on any atom is 0.160 e. The molecule has 0 radical (unpaired) electrons. The van der Waals surface area contributed by atoms with Gasteiger partial charge in [0.1, 0.15) is 16.3 Å². The van der Waals surface area contributed by atoms with Crippen molar-refractivity contribution in [2.24, 2.45) is 0 Å². The zero-order valence-electron chi connectivity index (χ0n) is 7.96. The third-order valence-corrected chi connectivity index (χ3v) is 3.30. The second kappa shape index (κ2) is 3.77. The highest BCUT2D eigenvalue weighted by molar-refractivity contribution is 7.17. The number of hydrogen-bond donors (Lipinski definition) is 0. The first-order valence-corrected chi connectivity index (χ1v) is 5.77. The van der Waals surface area contributed by atoms with E-state index < -0.39 is 0 Å². The number of fused-ring (bicyclic) bond motifs is 1. The number of rotatable bonds is 1. The van der Waals surface area contributed by atoms with E-state index in [2.05, 4.69) is 19.9 Å². The number of nitrogens with zero attached hydrogens (tertiary/aromatic N) is 4. The van der Waals surface area contributed by atoms with Crippen molar-refractivity contribution < 1.29 is 0 Å². The van der Waals surface area contributed by atoms with E-state index >= 15 is 0 Å². The summed E-state index contributed by atoms with van der Waals surface area (Å²) < 4.78 is 0. The van der Waals surface area contributed by atoms with Crippen molar-refractivity contribution in [3.8, 4) is 11.4 Å². The van der Waals surface area contributed by atoms with Gasteiger partial charge in [-0.1, -0.05) is 11.6 Å². The predicted octanol–water partition coefficient (Wildman–Crippen LogP) is 2.80. The smallest absolute Gasteiger partial charge is 0.160 e. The normalized spacial score (nSPS) is 10.8. The van der Waals surface area contributed by atoms with Gasteiger partial charge in [0.15, 0.2) is 5.82 Å². The molecule has 3 rings (SSSR count). The first kappa shape index (κ1) is 9.62. The molecule has 3 aromatic heterocycles. The molecule has 0 amide bonds. The molecule has 4 nitrogen and oxygen atoms in total. The molecular formula is C10H5ClN4S. The standard InChI is InChI=1S/C10H5ClN4S/c11-8-7-6(9-12-2-1-3-13-9)4-16-10(7)15-5-14-8/h1-5H. The van der Waals surface area contributed by atoms with Crippen molar-refractivity contribution in [3.63, 3.8) is 0 Å². The summed E-state index contributed by atoms with van der Waals surface area (Å²) in [6, 6.07) is 1.77. The predicted molar refractivity (Wildman–Crippen MR) is 63.5 cm³/mol. The van der Waals surface area contributed by atoms with Crippen LogP contribution in [0.25, 0.3) is 21.6 Å². The molecule has 0 fully saturated rings. The zero-order chi connectivity index (χ0) is 11.0. The summed E-state index contributed by atoms with van der Waals surface area (Å²) in [6.07, 6.45) is 4.85. The monoisotopic (exact) mass is 248 g/mol. The van der Waals surface area contributed by atoms with Gasteiger partial charge in [0.2, 0.25) is 0 Å². The molecule has 0 saturated carbocycles. The Hall–Kier alpha value is -1.59. The van der Waals surface area contributed by atoms with Crippen molar-refractivity contribution in [2.75, 3.05) is 0 Å². The Kier molecular flexibility index (Phi) is 2.27. The van der Waals surface area contributed by atoms with E-state index in [0.717, 1.165) is 15.8 Å². The lowest BCUT2D eigenvalue weighted by atomic mass is 10.2. The molecule has 6 heteroatoms. The van der Waals surface area contributed by atoms with Crippen LogP contribution in [-0.2, 0) is 0 Å². The van der Waals surface area contributed by atoms with Crippen molar-refractivity contribution >= 4 is 33.2 Å². The molecule has 0 aromatic carbocycles. The number of thiophene rings is 1. The van der Waals surface area contributed by atoms with Crippen LogP contribution in [0.15, 0.2) is 30.2 Å². The molecule has 0 aliphatic carbocycles. The highest BCUT2D eigenvalue weighted by atomic mass is 35.5. The fourth-order valence-corrected chi connectivity index (χ4v) is 2.62. The largest absolute Gasteiger partial charge is 0.237 e. The number of halogens is 1. The van der Waals surface area contributed by atoms with Gasteiger partial charge in [-0.05, 0) is 6.07 Å². The fourth-order valence-electron chi connectivity index (χ4n) is 1.44. The molecule has 0 N–H and O–H groups in total. The lowest BCUT2D eigenvalue weighted by Gasteiger charge is -1.97. The summed E-state index contributed by atoms with van der Waals surface area (Å²) in [4.78, 5) is 17.4. The molecule has 0 spiro atoms. The molecule has 0 unspecified atom stereocenters. The van der Waals surface area contributed by atoms with Gasteiger partial charge >= 0.3 is 0 Å². The molecule has 0 saturated heterocycles. The van der Waals surface area contributed by atoms with Crippen molar-refractivity contribution in [2.45, 2.75) is 0 Å². The van der Waals surface area contributed by atoms with E-state index in [9.17, 15) is 0 Å². The van der Waals surface area contributed by atoms with Gasteiger partial charge in [0, 0.05) is 23.3 Å². The summed E-state index contributed by atoms with van der Waals surface area (Å²) in [5.74, 6) is 0.644. The Morgan fingerprint density at radius 1 is 1.06 bits per heavy atom. The lowest BCUT2D eigenvalue weighted by molar-refractivity contribution is 1.18. The average molecular weight is 249 g/mol. The van der Waals surface area contributed by atoms with Crippen molar-refractivity contribution in [1.29, 1.82) is 0 Å². The Morgan fingerprint density at radius 2 is 1.88 bits per heavy atom. The molecule has 3 heterocycles. The molecule has 16 heavy (non-hydrogen) atoms. The van der Waals surface area contributed by atoms with Gasteiger partial charge in [0.05, 0.1) is 5.39 Å². The van der Waals surface area contributed by atoms with Crippen molar-refractivity contribution in [3.05, 3.63) is 35.3 Å². The van der Waals surface area contributed by atoms with Crippen LogP contribution < -0.4 is 0 Å². The van der Waals surface area contributed by atoms with Crippen LogP contribution in [-0.4, -0.2) is 19.9 Å². The Bertz CT molecular complexity index is 638. The molecule has 0 aliphatic heterocycles. The fraction of sp³-hybridized carbons (Fsp3) is 0. The SMILES string of the molecule is Clc1ncnc2scc(-c3ncccn3)c12. The van der Waals surface area contributed by atoms with Crippen LogP contribution in [0, 0.1) is 0 Å². The van der Waals surface area contributed by atoms with Crippen LogP contribution >= 0.6 is 22.9 Å². The second-order valence-corrected chi connectivity index (χ2v) is 4.28. The highest BCUT2D eigenvalue weighted by Crippen LogP contribution is 2.34. The van der Waals surface area contributed by atoms with E-state index in [4.69, 9.17) is 11.6 Å². The van der Waals surface area contributed by atoms with E-state index in [1.54, 1.807) is 18.5 Å². The van der Waals surface area contributed by atoms with Crippen LogP contribution in [0.1, 0.15) is 0 Å². The quantitative estimate of drug-likeness (QED) is 0.622. The maximum absolute atomic E-state index is 6.05. The third kappa shape index (κ3) is 1.45. The van der Waals surface area contributed by atoms with Gasteiger partial charge in [-0.2, -0.15) is 0 Å². The van der Waals surface area contributed by atoms with E-state index in [-0.39, 0.29) is 0 Å². The minimum Gasteiger partial charge on any atom is -0.237 e. The van der Waals surface area contributed by atoms with Crippen LogP contribution in [0.3, 0.4) is 0 Å². The third-order valence-electron chi connectivity index (χ3n) is 2.13. The van der Waals surface area contributed by atoms with Gasteiger partial charge < -0.3 is 0 Å². The summed E-state index contributed by atoms with van der Waals surface area (Å²) in [5.41, 5.74) is 0.881. The average Bonchev–Trinajstić information content (AvgIpc) is 2.75. The van der Waals surface area contributed by atoms with Crippen LogP contribution in [0.5, 0.6) is 0 Å². The van der Waals surface area contributed by atoms with Crippen molar-refractivity contribution in [1.82, 2.24) is 19.9 Å². The minimum atomic E-state index is 0.439. The van der Waals surface area contributed by atoms with E-state index in [1.165, 1.54) is 17.7 Å². The van der Waals surface area contributed by atoms with Gasteiger partial charge in [-0.25, -0.2) is 19.9 Å². The maximum atomic E-state index is 6.05. The number of hydrogen-bond acceptors (Lipinski definition) is 5. The van der Waals surface area contributed by atoms with Gasteiger partial charge in [-0.15, -0.1) is 11.3 Å². The molecule has 0 bridgehead atoms. The molecular weight excluding hydrogens is 244 g/mol. The zero-order valence-corrected chi connectivity index (χ0v) is 9.53. The highest BCUT2D eigenvalue weighted by Gasteiger charge is 2.12. The van der Waals surface area contributed by atoms with Crippen LogP contribution in [0.4, 0.5) is 0 Å². The summed E-state index contributed by atoms with van der Waals surface area (Å²) >= 11 is 7.56. The first-order chi connectivity index (χ1) is 7.86. The summed E-state index contributed by atoms with van der Waals surface area (Å²) in [5, 5.41) is 3.20. The van der Waals surface area contributed by atoms with Crippen LogP contribution in [0.2, 0.25) is 5.15 Å². The molecule has 78 valence electrons. The molecule has 0 atom stereocenters. The van der Waals surface area contributed by atoms with E-state index in [1.807, 2.05) is 5.38 Å².